The van der Waals surface area contributed by atoms with Gasteiger partial charge in [0.25, 0.3) is 0 Å². The summed E-state index contributed by atoms with van der Waals surface area (Å²) in [4.78, 5) is 11.3. The van der Waals surface area contributed by atoms with Crippen LogP contribution in [-0.2, 0) is 9.53 Å². The van der Waals surface area contributed by atoms with Gasteiger partial charge in [-0.05, 0) is 43.8 Å². The van der Waals surface area contributed by atoms with Gasteiger partial charge in [0, 0.05) is 6.54 Å². The first kappa shape index (κ1) is 19.5. The Hall–Kier alpha value is -1.57. The van der Waals surface area contributed by atoms with Crippen molar-refractivity contribution in [2.45, 2.75) is 13.8 Å². The number of ether oxygens (including phenoxy) is 2. The van der Waals surface area contributed by atoms with E-state index in [9.17, 15) is 4.79 Å². The normalized spacial score (nSPS) is 10.4. The van der Waals surface area contributed by atoms with E-state index in [4.69, 9.17) is 44.9 Å². The number of carbonyl (C=O) groups is 1. The van der Waals surface area contributed by atoms with Crippen LogP contribution in [0.4, 0.5) is 0 Å². The first-order valence-corrected chi connectivity index (χ1v) is 7.98. The fourth-order valence-electron chi connectivity index (χ4n) is 1.49. The van der Waals surface area contributed by atoms with Gasteiger partial charge in [-0.25, -0.2) is 4.79 Å². The van der Waals surface area contributed by atoms with Gasteiger partial charge in [0.15, 0.2) is 17.5 Å². The van der Waals surface area contributed by atoms with Gasteiger partial charge in [-0.15, -0.1) is 0 Å². The molecule has 0 aliphatic carbocycles. The van der Waals surface area contributed by atoms with E-state index in [0.29, 0.717) is 17.2 Å². The van der Waals surface area contributed by atoms with E-state index in [1.165, 1.54) is 6.21 Å². The highest BCUT2D eigenvalue weighted by atomic mass is 35.5. The molecule has 0 bridgehead atoms. The summed E-state index contributed by atoms with van der Waals surface area (Å²) >= 11 is 17.2. The van der Waals surface area contributed by atoms with Crippen molar-refractivity contribution in [2.24, 2.45) is 5.10 Å². The Morgan fingerprint density at radius 3 is 2.57 bits per heavy atom. The van der Waals surface area contributed by atoms with Gasteiger partial charge in [0.05, 0.1) is 22.9 Å². The van der Waals surface area contributed by atoms with Crippen molar-refractivity contribution in [3.63, 3.8) is 0 Å². The summed E-state index contributed by atoms with van der Waals surface area (Å²) in [7, 11) is 0. The molecule has 0 aromatic heterocycles. The maximum Gasteiger partial charge on any atom is 0.344 e. The highest BCUT2D eigenvalue weighted by Gasteiger charge is 2.12. The largest absolute Gasteiger partial charge is 0.479 e. The molecule has 0 unspecified atom stereocenters. The Kier molecular flexibility index (Phi) is 8.68. The van der Waals surface area contributed by atoms with Crippen LogP contribution in [0, 0.1) is 0 Å². The number of hydrogen-bond acceptors (Lipinski definition) is 5. The predicted molar refractivity (Wildman–Crippen MR) is 95.6 cm³/mol. The molecule has 0 aliphatic heterocycles. The zero-order valence-corrected chi connectivity index (χ0v) is 15.0. The van der Waals surface area contributed by atoms with Gasteiger partial charge in [0.2, 0.25) is 0 Å². The van der Waals surface area contributed by atoms with E-state index in [1.54, 1.807) is 19.1 Å². The van der Waals surface area contributed by atoms with E-state index < -0.39 is 5.97 Å². The third kappa shape index (κ3) is 7.02. The summed E-state index contributed by atoms with van der Waals surface area (Å²) in [6.45, 7) is 4.35. The molecule has 2 N–H and O–H groups in total. The molecule has 1 rings (SSSR count). The minimum atomic E-state index is -0.494. The highest BCUT2D eigenvalue weighted by Crippen LogP contribution is 2.33. The average molecular weight is 378 g/mol. The third-order valence-electron chi connectivity index (χ3n) is 2.38. The Bertz CT molecular complexity index is 574. The zero-order valence-electron chi connectivity index (χ0n) is 12.7. The van der Waals surface area contributed by atoms with E-state index in [2.05, 4.69) is 15.8 Å². The van der Waals surface area contributed by atoms with Gasteiger partial charge >= 0.3 is 5.97 Å². The summed E-state index contributed by atoms with van der Waals surface area (Å²) in [5, 5.41) is 7.79. The molecule has 0 amide bonds. The van der Waals surface area contributed by atoms with Crippen LogP contribution in [0.3, 0.4) is 0 Å². The van der Waals surface area contributed by atoms with Crippen LogP contribution in [-0.4, -0.2) is 37.1 Å². The Morgan fingerprint density at radius 2 is 2.00 bits per heavy atom. The summed E-state index contributed by atoms with van der Waals surface area (Å²) < 4.78 is 10.0. The van der Waals surface area contributed by atoms with Crippen LogP contribution in [0.15, 0.2) is 17.2 Å². The van der Waals surface area contributed by atoms with Crippen LogP contribution in [0.2, 0.25) is 10.0 Å². The molecule has 0 atom stereocenters. The summed E-state index contributed by atoms with van der Waals surface area (Å²) in [6, 6.07) is 3.21. The van der Waals surface area contributed by atoms with Crippen molar-refractivity contribution in [1.82, 2.24) is 10.7 Å². The maximum atomic E-state index is 11.3. The van der Waals surface area contributed by atoms with Gasteiger partial charge < -0.3 is 14.8 Å². The van der Waals surface area contributed by atoms with E-state index in [0.717, 1.165) is 0 Å². The standard InChI is InChI=1S/C14H17Cl2N3O3S/c1-3-17-14(23)19-18-7-9-5-10(15)13(11(16)6-9)22-8-12(20)21-4-2/h5-7H,3-4,8H2,1-2H3,(H2,17,19,23)/b18-7-. The van der Waals surface area contributed by atoms with E-state index in [-0.39, 0.29) is 29.0 Å². The number of benzene rings is 1. The maximum absolute atomic E-state index is 11.3. The molecule has 0 radical (unpaired) electrons. The van der Waals surface area contributed by atoms with Crippen molar-refractivity contribution >= 4 is 52.7 Å². The molecule has 126 valence electrons. The lowest BCUT2D eigenvalue weighted by atomic mass is 10.2. The van der Waals surface area contributed by atoms with Gasteiger partial charge in [-0.2, -0.15) is 5.10 Å². The van der Waals surface area contributed by atoms with Crippen molar-refractivity contribution in [2.75, 3.05) is 19.8 Å². The zero-order chi connectivity index (χ0) is 17.2. The second kappa shape index (κ2) is 10.3. The second-order valence-corrected chi connectivity index (χ2v) is 5.36. The van der Waals surface area contributed by atoms with Crippen molar-refractivity contribution in [3.8, 4) is 5.75 Å². The molecule has 9 heteroatoms. The summed E-state index contributed by atoms with van der Waals surface area (Å²) in [6.07, 6.45) is 1.51. The fraction of sp³-hybridized carbons (Fsp3) is 0.357. The first-order valence-electron chi connectivity index (χ1n) is 6.82. The van der Waals surface area contributed by atoms with Crippen LogP contribution in [0.25, 0.3) is 0 Å². The highest BCUT2D eigenvalue weighted by molar-refractivity contribution is 7.80. The number of thiocarbonyl (C=S) groups is 1. The van der Waals surface area contributed by atoms with E-state index in [1.807, 2.05) is 6.92 Å². The Balaban J connectivity index is 2.71. The number of halogens is 2. The number of nitrogens with one attached hydrogen (secondary N) is 2. The minimum absolute atomic E-state index is 0.217. The van der Waals surface area contributed by atoms with Crippen LogP contribution in [0.5, 0.6) is 5.75 Å². The Morgan fingerprint density at radius 1 is 1.35 bits per heavy atom. The lowest BCUT2D eigenvalue weighted by Gasteiger charge is -2.10. The number of esters is 1. The van der Waals surface area contributed by atoms with Crippen LogP contribution in [0.1, 0.15) is 19.4 Å². The third-order valence-corrected chi connectivity index (χ3v) is 3.17. The average Bonchev–Trinajstić information content (AvgIpc) is 2.47. The summed E-state index contributed by atoms with van der Waals surface area (Å²) in [5.74, 6) is -0.277. The quantitative estimate of drug-likeness (QED) is 0.329. The monoisotopic (exact) mass is 377 g/mol. The van der Waals surface area contributed by atoms with Crippen molar-refractivity contribution < 1.29 is 14.3 Å². The molecule has 6 nitrogen and oxygen atoms in total. The smallest absolute Gasteiger partial charge is 0.344 e. The van der Waals surface area contributed by atoms with Gasteiger partial charge in [-0.3, -0.25) is 5.43 Å². The predicted octanol–water partition coefficient (Wildman–Crippen LogP) is 2.75. The number of carbonyl (C=O) groups excluding carboxylic acids is 1. The number of hydrogen-bond donors (Lipinski definition) is 2. The van der Waals surface area contributed by atoms with E-state index >= 15 is 0 Å². The van der Waals surface area contributed by atoms with Crippen LogP contribution >= 0.6 is 35.4 Å². The molecule has 0 saturated carbocycles. The molecule has 0 fully saturated rings. The molecule has 0 aliphatic rings. The molecule has 23 heavy (non-hydrogen) atoms. The number of hydrazone groups is 1. The van der Waals surface area contributed by atoms with Gasteiger partial charge in [-0.1, -0.05) is 23.2 Å². The molecular weight excluding hydrogens is 361 g/mol. The molecule has 0 spiro atoms. The van der Waals surface area contributed by atoms with Crippen molar-refractivity contribution in [1.29, 1.82) is 0 Å². The number of rotatable bonds is 7. The fourth-order valence-corrected chi connectivity index (χ4v) is 2.30. The molecule has 0 heterocycles. The SMILES string of the molecule is CCNC(=S)N/N=C\c1cc(Cl)c(OCC(=O)OCC)c(Cl)c1. The minimum Gasteiger partial charge on any atom is -0.479 e. The van der Waals surface area contributed by atoms with Crippen molar-refractivity contribution in [3.05, 3.63) is 27.7 Å². The molecule has 1 aromatic carbocycles. The topological polar surface area (TPSA) is 72.0 Å². The first-order chi connectivity index (χ1) is 11.0. The molecule has 0 saturated heterocycles. The molecule has 1 aromatic rings. The molecular formula is C14H17Cl2N3O3S. The second-order valence-electron chi connectivity index (χ2n) is 4.14. The lowest BCUT2D eigenvalue weighted by molar-refractivity contribution is -0.145. The van der Waals surface area contributed by atoms with Gasteiger partial charge in [0.1, 0.15) is 0 Å². The summed E-state index contributed by atoms with van der Waals surface area (Å²) in [5.41, 5.74) is 3.30. The van der Waals surface area contributed by atoms with Crippen LogP contribution < -0.4 is 15.5 Å². The Labute approximate surface area is 150 Å². The lowest BCUT2D eigenvalue weighted by Crippen LogP contribution is -2.31. The number of nitrogens with zero attached hydrogens (tertiary/aromatic N) is 1.